The Labute approximate surface area is 202 Å². The molecule has 35 heavy (non-hydrogen) atoms. The van der Waals surface area contributed by atoms with Crippen LogP contribution in [0.3, 0.4) is 0 Å². The molecule has 0 spiro atoms. The van der Waals surface area contributed by atoms with Crippen LogP contribution in [0.2, 0.25) is 0 Å². The van der Waals surface area contributed by atoms with Crippen LogP contribution >= 0.6 is 0 Å². The van der Waals surface area contributed by atoms with Crippen molar-refractivity contribution < 1.29 is 9.87 Å². The van der Waals surface area contributed by atoms with Crippen LogP contribution in [0.5, 0.6) is 0 Å². The molecule has 6 rings (SSSR count). The largest absolute Gasteiger partial charge is 0.412 e. The van der Waals surface area contributed by atoms with Gasteiger partial charge in [0.25, 0.3) is 0 Å². The van der Waals surface area contributed by atoms with Crippen molar-refractivity contribution in [2.45, 2.75) is 38.8 Å². The van der Waals surface area contributed by atoms with Crippen LogP contribution < -0.4 is 5.69 Å². The molecule has 182 valence electrons. The third-order valence-electron chi connectivity index (χ3n) is 7.12. The minimum atomic E-state index is -0.195. The third-order valence-corrected chi connectivity index (χ3v) is 7.12. The second-order valence-corrected chi connectivity index (χ2v) is 9.13. The Morgan fingerprint density at radius 1 is 1.00 bits per heavy atom. The molecule has 2 aliphatic heterocycles. The van der Waals surface area contributed by atoms with Gasteiger partial charge in [-0.15, -0.1) is 0 Å². The Balaban J connectivity index is 0.00000253. The molecule has 2 aromatic carbocycles. The van der Waals surface area contributed by atoms with Crippen molar-refractivity contribution >= 4 is 16.6 Å². The average Bonchev–Trinajstić information content (AvgIpc) is 3.40. The summed E-state index contributed by atoms with van der Waals surface area (Å²) in [6.45, 7) is 4.29. The minimum absolute atomic E-state index is 0. The highest BCUT2D eigenvalue weighted by Crippen LogP contribution is 2.35. The van der Waals surface area contributed by atoms with E-state index in [-0.39, 0.29) is 17.0 Å². The number of hydrogen-bond donors (Lipinski definition) is 1. The van der Waals surface area contributed by atoms with Crippen LogP contribution in [0.1, 0.15) is 36.2 Å². The summed E-state index contributed by atoms with van der Waals surface area (Å²) in [6, 6.07) is 12.9. The molecule has 0 bridgehead atoms. The molecule has 0 radical (unpaired) electrons. The van der Waals surface area contributed by atoms with Crippen LogP contribution in [-0.2, 0) is 19.5 Å². The van der Waals surface area contributed by atoms with Gasteiger partial charge in [0, 0.05) is 31.8 Å². The van der Waals surface area contributed by atoms with E-state index in [0.717, 1.165) is 78.9 Å². The Kier molecular flexibility index (Phi) is 6.36. The van der Waals surface area contributed by atoms with Crippen molar-refractivity contribution in [2.24, 2.45) is 0 Å². The zero-order valence-electron chi connectivity index (χ0n) is 19.5. The summed E-state index contributed by atoms with van der Waals surface area (Å²) in [5.41, 5.74) is 6.43. The van der Waals surface area contributed by atoms with Crippen LogP contribution in [0.4, 0.5) is 4.39 Å². The number of imidazole rings is 1. The van der Waals surface area contributed by atoms with Gasteiger partial charge in [-0.1, -0.05) is 23.8 Å². The number of halogens is 1. The van der Waals surface area contributed by atoms with Crippen LogP contribution in [0.25, 0.3) is 16.6 Å². The fourth-order valence-electron chi connectivity index (χ4n) is 5.41. The first-order chi connectivity index (χ1) is 16.7. The van der Waals surface area contributed by atoms with Crippen molar-refractivity contribution in [3.8, 4) is 0 Å². The Morgan fingerprint density at radius 3 is 2.69 bits per heavy atom. The highest BCUT2D eigenvalue weighted by atomic mass is 19.1. The fraction of sp³-hybridized carbons (Fsp3) is 0.346. The summed E-state index contributed by atoms with van der Waals surface area (Å²) in [5.74, 6) is 0.701. The molecule has 0 saturated carbocycles. The summed E-state index contributed by atoms with van der Waals surface area (Å²) < 4.78 is 17.7. The number of likely N-dealkylation sites (tertiary alicyclic amines) is 1. The maximum atomic E-state index is 14.0. The quantitative estimate of drug-likeness (QED) is 0.489. The van der Waals surface area contributed by atoms with Crippen molar-refractivity contribution in [2.75, 3.05) is 19.6 Å². The van der Waals surface area contributed by atoms with Crippen molar-refractivity contribution in [3.05, 3.63) is 87.6 Å². The highest BCUT2D eigenvalue weighted by Gasteiger charge is 2.26. The van der Waals surface area contributed by atoms with Gasteiger partial charge in [0.05, 0.1) is 11.0 Å². The summed E-state index contributed by atoms with van der Waals surface area (Å²) in [6.07, 6.45) is 5.19. The van der Waals surface area contributed by atoms with Gasteiger partial charge in [0.15, 0.2) is 5.82 Å². The molecule has 8 nitrogen and oxygen atoms in total. The summed E-state index contributed by atoms with van der Waals surface area (Å²) >= 11 is 0. The summed E-state index contributed by atoms with van der Waals surface area (Å²) in [4.78, 5) is 22.3. The molecule has 4 aromatic rings. The first-order valence-corrected chi connectivity index (χ1v) is 12.0. The number of fused-ring (bicyclic) bond motifs is 3. The van der Waals surface area contributed by atoms with Crippen molar-refractivity contribution in [1.29, 1.82) is 0 Å². The van der Waals surface area contributed by atoms with E-state index in [1.807, 2.05) is 39.6 Å². The molecule has 3 N–H and O–H groups in total. The lowest BCUT2D eigenvalue weighted by molar-refractivity contribution is 0.249. The molecule has 0 unspecified atom stereocenters. The molecule has 9 heteroatoms. The lowest BCUT2D eigenvalue weighted by Gasteiger charge is -2.30. The number of benzene rings is 2. The lowest BCUT2D eigenvalue weighted by Crippen LogP contribution is -2.33. The number of rotatable bonds is 4. The smallest absolute Gasteiger partial charge is 0.326 e. The summed E-state index contributed by atoms with van der Waals surface area (Å²) in [5, 5.41) is 4.41. The molecular formula is C26H29FN6O2. The third kappa shape index (κ3) is 4.33. The molecule has 0 amide bonds. The zero-order chi connectivity index (χ0) is 23.1. The fourth-order valence-corrected chi connectivity index (χ4v) is 5.41. The normalized spacial score (nSPS) is 16.0. The predicted octanol–water partition coefficient (Wildman–Crippen LogP) is 2.78. The number of aromatic amines is 1. The Hall–Kier alpha value is -3.56. The number of aromatic nitrogens is 5. The van der Waals surface area contributed by atoms with E-state index < -0.39 is 0 Å². The van der Waals surface area contributed by atoms with E-state index in [2.05, 4.69) is 20.0 Å². The second kappa shape index (κ2) is 9.59. The number of piperidine rings is 1. The second-order valence-electron chi connectivity index (χ2n) is 9.13. The molecule has 0 aliphatic carbocycles. The number of nitrogens with one attached hydrogen (secondary N) is 1. The SMILES string of the molecule is O.O=c1[nH]c2ccccc2n1CCCN1CCC(=C2c3ccc(F)cc3CCn3ncnc32)CC1. The van der Waals surface area contributed by atoms with Gasteiger partial charge in [-0.3, -0.25) is 4.57 Å². The number of aryl methyl sites for hydroxylation is 3. The lowest BCUT2D eigenvalue weighted by atomic mass is 9.90. The van der Waals surface area contributed by atoms with Gasteiger partial charge in [-0.05, 0) is 67.6 Å². The predicted molar refractivity (Wildman–Crippen MR) is 133 cm³/mol. The Morgan fingerprint density at radius 2 is 1.83 bits per heavy atom. The molecule has 2 aromatic heterocycles. The van der Waals surface area contributed by atoms with Gasteiger partial charge < -0.3 is 15.4 Å². The van der Waals surface area contributed by atoms with Crippen molar-refractivity contribution in [1.82, 2.24) is 29.2 Å². The molecule has 2 aliphatic rings. The van der Waals surface area contributed by atoms with Crippen LogP contribution in [0, 0.1) is 5.82 Å². The number of para-hydroxylation sites is 2. The molecule has 4 heterocycles. The van der Waals surface area contributed by atoms with E-state index in [4.69, 9.17) is 0 Å². The maximum absolute atomic E-state index is 14.0. The van der Waals surface area contributed by atoms with E-state index >= 15 is 0 Å². The van der Waals surface area contributed by atoms with Gasteiger partial charge >= 0.3 is 5.69 Å². The van der Waals surface area contributed by atoms with Gasteiger partial charge in [0.1, 0.15) is 12.1 Å². The first-order valence-electron chi connectivity index (χ1n) is 12.0. The topological polar surface area (TPSA) is 103 Å². The van der Waals surface area contributed by atoms with Gasteiger partial charge in [0.2, 0.25) is 0 Å². The molecular weight excluding hydrogens is 447 g/mol. The first kappa shape index (κ1) is 23.2. The van der Waals surface area contributed by atoms with Crippen LogP contribution in [-0.4, -0.2) is 54.3 Å². The standard InChI is InChI=1S/C26H27FN6O.H2O/c27-20-6-7-21-19(16-20)10-15-33-25(28-17-29-33)24(21)18-8-13-31(14-9-18)11-3-12-32-23-5-2-1-4-22(23)30-26(32)34;/h1-2,4-7,16-17H,3,8-15H2,(H,30,34);1H2. The number of H-pyrrole nitrogens is 1. The highest BCUT2D eigenvalue weighted by molar-refractivity contribution is 5.81. The van der Waals surface area contributed by atoms with Crippen LogP contribution in [0.15, 0.2) is 59.2 Å². The van der Waals surface area contributed by atoms with E-state index in [1.54, 1.807) is 18.5 Å². The number of nitrogens with zero attached hydrogens (tertiary/aromatic N) is 5. The van der Waals surface area contributed by atoms with Gasteiger partial charge in [-0.2, -0.15) is 5.10 Å². The monoisotopic (exact) mass is 476 g/mol. The zero-order valence-corrected chi connectivity index (χ0v) is 19.5. The van der Waals surface area contributed by atoms with E-state index in [1.165, 1.54) is 5.57 Å². The molecule has 1 saturated heterocycles. The Bertz CT molecular complexity index is 1440. The molecule has 1 fully saturated rings. The van der Waals surface area contributed by atoms with Gasteiger partial charge in [-0.25, -0.2) is 18.9 Å². The van der Waals surface area contributed by atoms with E-state index in [9.17, 15) is 9.18 Å². The summed E-state index contributed by atoms with van der Waals surface area (Å²) in [7, 11) is 0. The maximum Gasteiger partial charge on any atom is 0.326 e. The average molecular weight is 477 g/mol. The number of hydrogen-bond acceptors (Lipinski definition) is 4. The minimum Gasteiger partial charge on any atom is -0.412 e. The molecule has 0 atom stereocenters. The van der Waals surface area contributed by atoms with E-state index in [0.29, 0.717) is 13.1 Å². The van der Waals surface area contributed by atoms with Crippen molar-refractivity contribution in [3.63, 3.8) is 0 Å².